The summed E-state index contributed by atoms with van der Waals surface area (Å²) in [5.74, 6) is 0.533. The van der Waals surface area contributed by atoms with E-state index in [-0.39, 0.29) is 40.7 Å². The van der Waals surface area contributed by atoms with Crippen molar-refractivity contribution >= 4 is 15.7 Å². The predicted octanol–water partition coefficient (Wildman–Crippen LogP) is 3.75. The quantitative estimate of drug-likeness (QED) is 0.721. The topological polar surface area (TPSA) is 54.5 Å². The van der Waals surface area contributed by atoms with Gasteiger partial charge in [0.2, 0.25) is 5.91 Å². The van der Waals surface area contributed by atoms with Gasteiger partial charge in [-0.1, -0.05) is 55.3 Å². The lowest BCUT2D eigenvalue weighted by molar-refractivity contribution is -0.136. The molecule has 0 spiro atoms. The molecule has 4 nitrogen and oxygen atoms in total. The van der Waals surface area contributed by atoms with Gasteiger partial charge in [-0.25, -0.2) is 8.42 Å². The minimum absolute atomic E-state index is 0.0684. The third-order valence-corrected chi connectivity index (χ3v) is 7.85. The average Bonchev–Trinajstić information content (AvgIpc) is 2.90. The third kappa shape index (κ3) is 4.29. The van der Waals surface area contributed by atoms with Crippen LogP contribution >= 0.6 is 0 Å². The van der Waals surface area contributed by atoms with Crippen LogP contribution in [0.3, 0.4) is 0 Å². The molecule has 27 heavy (non-hydrogen) atoms. The monoisotopic (exact) mass is 389 g/mol. The van der Waals surface area contributed by atoms with Crippen LogP contribution in [0.2, 0.25) is 0 Å². The van der Waals surface area contributed by atoms with Crippen LogP contribution in [0.1, 0.15) is 45.2 Å². The molecular formula is C22H31NO3S. The Balaban J connectivity index is 1.86. The molecule has 2 fully saturated rings. The van der Waals surface area contributed by atoms with Gasteiger partial charge in [0.05, 0.1) is 17.4 Å². The number of hydrogen-bond donors (Lipinski definition) is 0. The maximum Gasteiger partial charge on any atom is 0.227 e. The standard InChI is InChI=1S/C22H31NO3S/c1-15(2)12-19-20(22(19,4)5)21(24)23(18-10-11-27(25,26)14-18)13-17-8-6-16(3)7-9-17/h6-9,12,18-20H,10-11,13-14H2,1-5H3/t18-,19-,20+/m0/s1. The number of benzene rings is 1. The van der Waals surface area contributed by atoms with E-state index in [0.29, 0.717) is 13.0 Å². The Hall–Kier alpha value is -1.62. The van der Waals surface area contributed by atoms with E-state index >= 15 is 0 Å². The number of aryl methyl sites for hydroxylation is 1. The molecule has 5 heteroatoms. The van der Waals surface area contributed by atoms with Crippen LogP contribution < -0.4 is 0 Å². The molecule has 1 aromatic carbocycles. The average molecular weight is 390 g/mol. The molecule has 1 heterocycles. The smallest absolute Gasteiger partial charge is 0.227 e. The normalized spacial score (nSPS) is 27.8. The molecule has 3 rings (SSSR count). The number of rotatable bonds is 5. The number of nitrogens with zero attached hydrogens (tertiary/aromatic N) is 1. The van der Waals surface area contributed by atoms with Crippen LogP contribution in [-0.2, 0) is 21.2 Å². The van der Waals surface area contributed by atoms with E-state index in [1.807, 2.05) is 36.1 Å². The SMILES string of the molecule is CC(C)=C[C@H]1[C@H](C(=O)N(Cc2ccc(C)cc2)[C@H]2CCS(=O)(=O)C2)C1(C)C. The van der Waals surface area contributed by atoms with Gasteiger partial charge in [-0.3, -0.25) is 4.79 Å². The Morgan fingerprint density at radius 2 is 1.85 bits per heavy atom. The first-order chi connectivity index (χ1) is 12.5. The number of carbonyl (C=O) groups is 1. The molecule has 1 aliphatic carbocycles. The van der Waals surface area contributed by atoms with Crippen LogP contribution in [0.5, 0.6) is 0 Å². The number of hydrogen-bond acceptors (Lipinski definition) is 3. The number of amides is 1. The van der Waals surface area contributed by atoms with Crippen molar-refractivity contribution in [1.29, 1.82) is 0 Å². The van der Waals surface area contributed by atoms with Crippen molar-refractivity contribution in [2.45, 2.75) is 53.6 Å². The number of sulfone groups is 1. The van der Waals surface area contributed by atoms with Crippen LogP contribution in [0.15, 0.2) is 35.9 Å². The molecular weight excluding hydrogens is 358 g/mol. The molecule has 148 valence electrons. The molecule has 3 atom stereocenters. The first-order valence-electron chi connectivity index (χ1n) is 9.73. The van der Waals surface area contributed by atoms with E-state index in [4.69, 9.17) is 0 Å². The molecule has 1 aliphatic heterocycles. The summed E-state index contributed by atoms with van der Waals surface area (Å²) < 4.78 is 24.1. The molecule has 1 saturated heterocycles. The zero-order valence-electron chi connectivity index (χ0n) is 17.0. The van der Waals surface area contributed by atoms with E-state index in [1.165, 1.54) is 11.1 Å². The van der Waals surface area contributed by atoms with Gasteiger partial charge in [-0.15, -0.1) is 0 Å². The number of allylic oxidation sites excluding steroid dienone is 2. The van der Waals surface area contributed by atoms with Gasteiger partial charge in [0.25, 0.3) is 0 Å². The second-order valence-electron chi connectivity index (χ2n) is 9.08. The fraction of sp³-hybridized carbons (Fsp3) is 0.591. The summed E-state index contributed by atoms with van der Waals surface area (Å²) in [6, 6.07) is 7.93. The second kappa shape index (κ2) is 7.08. The largest absolute Gasteiger partial charge is 0.334 e. The van der Waals surface area contributed by atoms with Crippen molar-refractivity contribution < 1.29 is 13.2 Å². The molecule has 0 aromatic heterocycles. The molecule has 0 radical (unpaired) electrons. The fourth-order valence-electron chi connectivity index (χ4n) is 4.30. The maximum atomic E-state index is 13.5. The van der Waals surface area contributed by atoms with Crippen LogP contribution in [0.4, 0.5) is 0 Å². The molecule has 0 bridgehead atoms. The van der Waals surface area contributed by atoms with Crippen LogP contribution in [0.25, 0.3) is 0 Å². The van der Waals surface area contributed by atoms with Gasteiger partial charge in [0.15, 0.2) is 9.84 Å². The van der Waals surface area contributed by atoms with Crippen molar-refractivity contribution in [2.24, 2.45) is 17.3 Å². The zero-order valence-corrected chi connectivity index (χ0v) is 17.8. The lowest BCUT2D eigenvalue weighted by Gasteiger charge is -2.29. The van der Waals surface area contributed by atoms with Gasteiger partial charge in [0.1, 0.15) is 0 Å². The van der Waals surface area contributed by atoms with E-state index in [2.05, 4.69) is 33.8 Å². The molecule has 2 aliphatic rings. The van der Waals surface area contributed by atoms with Gasteiger partial charge < -0.3 is 4.90 Å². The van der Waals surface area contributed by atoms with Crippen LogP contribution in [-0.4, -0.2) is 36.8 Å². The van der Waals surface area contributed by atoms with E-state index in [9.17, 15) is 13.2 Å². The highest BCUT2D eigenvalue weighted by Gasteiger charge is 2.61. The summed E-state index contributed by atoms with van der Waals surface area (Å²) in [5.41, 5.74) is 3.37. The fourth-order valence-corrected chi connectivity index (χ4v) is 6.03. The van der Waals surface area contributed by atoms with Gasteiger partial charge in [0, 0.05) is 12.6 Å². The lowest BCUT2D eigenvalue weighted by atomic mass is 10.1. The number of carbonyl (C=O) groups excluding carboxylic acids is 1. The Morgan fingerprint density at radius 1 is 1.22 bits per heavy atom. The maximum absolute atomic E-state index is 13.5. The third-order valence-electron chi connectivity index (χ3n) is 6.10. The van der Waals surface area contributed by atoms with E-state index < -0.39 is 9.84 Å². The molecule has 1 aromatic rings. The highest BCUT2D eigenvalue weighted by atomic mass is 32.2. The van der Waals surface area contributed by atoms with Crippen molar-refractivity contribution in [3.63, 3.8) is 0 Å². The van der Waals surface area contributed by atoms with Crippen molar-refractivity contribution in [2.75, 3.05) is 11.5 Å². The minimum Gasteiger partial charge on any atom is -0.334 e. The van der Waals surface area contributed by atoms with Crippen molar-refractivity contribution in [1.82, 2.24) is 4.90 Å². The Morgan fingerprint density at radius 3 is 2.37 bits per heavy atom. The first kappa shape index (κ1) is 20.1. The first-order valence-corrected chi connectivity index (χ1v) is 11.5. The summed E-state index contributed by atoms with van der Waals surface area (Å²) in [7, 11) is -3.05. The van der Waals surface area contributed by atoms with Crippen LogP contribution in [0, 0.1) is 24.2 Å². The van der Waals surface area contributed by atoms with E-state index in [1.54, 1.807) is 0 Å². The molecule has 0 unspecified atom stereocenters. The Labute approximate surface area is 163 Å². The molecule has 1 saturated carbocycles. The summed E-state index contributed by atoms with van der Waals surface area (Å²) >= 11 is 0. The second-order valence-corrected chi connectivity index (χ2v) is 11.3. The van der Waals surface area contributed by atoms with Gasteiger partial charge >= 0.3 is 0 Å². The summed E-state index contributed by atoms with van der Waals surface area (Å²) in [4.78, 5) is 15.3. The van der Waals surface area contributed by atoms with Gasteiger partial charge in [-0.2, -0.15) is 0 Å². The van der Waals surface area contributed by atoms with Gasteiger partial charge in [-0.05, 0) is 44.1 Å². The minimum atomic E-state index is -3.05. The highest BCUT2D eigenvalue weighted by molar-refractivity contribution is 7.91. The molecule has 1 amide bonds. The highest BCUT2D eigenvalue weighted by Crippen LogP contribution is 2.60. The summed E-state index contributed by atoms with van der Waals surface area (Å²) in [5, 5.41) is 0. The van der Waals surface area contributed by atoms with E-state index in [0.717, 1.165) is 5.56 Å². The Bertz CT molecular complexity index is 848. The van der Waals surface area contributed by atoms with Crippen molar-refractivity contribution in [3.05, 3.63) is 47.0 Å². The predicted molar refractivity (Wildman–Crippen MR) is 109 cm³/mol. The summed E-state index contributed by atoms with van der Waals surface area (Å²) in [6.07, 6.45) is 2.73. The zero-order chi connectivity index (χ0) is 20.0. The Kier molecular flexibility index (Phi) is 5.28. The van der Waals surface area contributed by atoms with Crippen molar-refractivity contribution in [3.8, 4) is 0 Å². The lowest BCUT2D eigenvalue weighted by Crippen LogP contribution is -2.42. The molecule has 0 N–H and O–H groups in total. The summed E-state index contributed by atoms with van der Waals surface area (Å²) in [6.45, 7) is 10.9.